The zero-order chi connectivity index (χ0) is 28.2. The van der Waals surface area contributed by atoms with Gasteiger partial charge in [-0.25, -0.2) is 14.4 Å². The van der Waals surface area contributed by atoms with Gasteiger partial charge in [-0.05, 0) is 24.6 Å². The molecule has 1 N–H and O–H groups in total. The Kier molecular flexibility index (Phi) is 7.04. The van der Waals surface area contributed by atoms with E-state index in [1.807, 2.05) is 0 Å². The van der Waals surface area contributed by atoms with E-state index < -0.39 is 24.0 Å². The Morgan fingerprint density at radius 1 is 1.10 bits per heavy atom. The number of benzene rings is 2. The first-order chi connectivity index (χ1) is 19.1. The minimum atomic E-state index is -4.92. The molecule has 4 heterocycles. The van der Waals surface area contributed by atoms with Gasteiger partial charge >= 0.3 is 12.1 Å². The summed E-state index contributed by atoms with van der Waals surface area (Å²) in [6, 6.07) is 6.21. The number of carbonyl (C=O) groups excluding carboxylic acids is 1. The van der Waals surface area contributed by atoms with Gasteiger partial charge in [0.2, 0.25) is 0 Å². The molecule has 1 amide bonds. The molecule has 0 spiro atoms. The van der Waals surface area contributed by atoms with Gasteiger partial charge in [-0.1, -0.05) is 23.2 Å². The van der Waals surface area contributed by atoms with Crippen LogP contribution in [-0.4, -0.2) is 65.5 Å². The van der Waals surface area contributed by atoms with E-state index in [1.165, 1.54) is 18.5 Å². The molecular weight excluding hydrogens is 579 g/mol. The summed E-state index contributed by atoms with van der Waals surface area (Å²) < 4.78 is 71.6. The van der Waals surface area contributed by atoms with E-state index in [2.05, 4.69) is 15.3 Å². The third-order valence-corrected chi connectivity index (χ3v) is 8.19. The lowest BCUT2D eigenvalue weighted by Gasteiger charge is -2.52. The third-order valence-electron chi connectivity index (χ3n) is 7.41. The molecular formula is C26H22Cl2F4N4O4. The number of amides is 1. The lowest BCUT2D eigenvalue weighted by molar-refractivity contribution is -0.196. The van der Waals surface area contributed by atoms with Crippen molar-refractivity contribution in [3.8, 4) is 11.5 Å². The van der Waals surface area contributed by atoms with E-state index in [0.29, 0.717) is 48.5 Å². The van der Waals surface area contributed by atoms with Crippen LogP contribution >= 0.6 is 23.2 Å². The number of nitrogens with one attached hydrogen (secondary N) is 1. The molecule has 2 aromatic carbocycles. The minimum absolute atomic E-state index is 0.0447. The molecule has 3 aromatic rings. The molecule has 8 nitrogen and oxygen atoms in total. The molecule has 4 fully saturated rings. The van der Waals surface area contributed by atoms with Gasteiger partial charge in [0, 0.05) is 42.8 Å². The zero-order valence-corrected chi connectivity index (χ0v) is 22.2. The Labute approximate surface area is 235 Å². The van der Waals surface area contributed by atoms with Gasteiger partial charge < -0.3 is 24.4 Å². The number of halogens is 6. The van der Waals surface area contributed by atoms with Crippen LogP contribution < -0.4 is 14.8 Å². The van der Waals surface area contributed by atoms with E-state index in [1.54, 1.807) is 12.1 Å². The van der Waals surface area contributed by atoms with Crippen LogP contribution in [0.25, 0.3) is 10.9 Å². The smallest absolute Gasteiger partial charge is 0.471 e. The predicted octanol–water partition coefficient (Wildman–Crippen LogP) is 5.78. The maximum absolute atomic E-state index is 14.8. The second kappa shape index (κ2) is 10.4. The van der Waals surface area contributed by atoms with Crippen molar-refractivity contribution in [3.05, 3.63) is 46.5 Å². The number of hydrogen-bond acceptors (Lipinski definition) is 7. The zero-order valence-electron chi connectivity index (χ0n) is 20.7. The number of alkyl halides is 3. The van der Waals surface area contributed by atoms with Gasteiger partial charge in [0.1, 0.15) is 24.4 Å². The summed E-state index contributed by atoms with van der Waals surface area (Å²) in [4.78, 5) is 21.2. The molecule has 1 aromatic heterocycles. The summed E-state index contributed by atoms with van der Waals surface area (Å²) in [5.74, 6) is -2.13. The van der Waals surface area contributed by atoms with Gasteiger partial charge in [-0.15, -0.1) is 0 Å². The average Bonchev–Trinajstić information content (AvgIpc) is 3.44. The van der Waals surface area contributed by atoms with Crippen molar-refractivity contribution in [1.82, 2.24) is 14.9 Å². The van der Waals surface area contributed by atoms with Crippen molar-refractivity contribution >= 4 is 51.5 Å². The molecule has 1 aliphatic carbocycles. The van der Waals surface area contributed by atoms with Crippen LogP contribution in [0.4, 0.5) is 29.1 Å². The summed E-state index contributed by atoms with van der Waals surface area (Å²) in [6.45, 7) is 0.849. The molecule has 0 radical (unpaired) electrons. The first-order valence-corrected chi connectivity index (χ1v) is 13.3. The van der Waals surface area contributed by atoms with Crippen molar-refractivity contribution < 1.29 is 36.6 Å². The van der Waals surface area contributed by atoms with Gasteiger partial charge in [-0.3, -0.25) is 4.79 Å². The number of aromatic nitrogens is 2. The largest absolute Gasteiger partial charge is 0.486 e. The topological polar surface area (TPSA) is 85.8 Å². The SMILES string of the molecule is O=C(N1C[C@H]2C[C@@H](C1)C2Oc1cc2c(Nc3ccc(Cl)c(Cl)c3F)ncnc2cc1O[C@@H]1CCOC1)C(F)(F)F. The number of carbonyl (C=O) groups is 1. The van der Waals surface area contributed by atoms with E-state index in [0.717, 1.165) is 4.90 Å². The van der Waals surface area contributed by atoms with Crippen molar-refractivity contribution in [2.24, 2.45) is 11.8 Å². The van der Waals surface area contributed by atoms with Crippen LogP contribution in [0, 0.1) is 17.7 Å². The number of rotatable bonds is 6. The van der Waals surface area contributed by atoms with Crippen LogP contribution in [-0.2, 0) is 9.53 Å². The highest BCUT2D eigenvalue weighted by Crippen LogP contribution is 2.46. The molecule has 40 heavy (non-hydrogen) atoms. The van der Waals surface area contributed by atoms with Gasteiger partial charge in [0.25, 0.3) is 0 Å². The van der Waals surface area contributed by atoms with Crippen LogP contribution in [0.5, 0.6) is 11.5 Å². The van der Waals surface area contributed by atoms with Gasteiger partial charge in [0.05, 0.1) is 34.5 Å². The van der Waals surface area contributed by atoms with Crippen LogP contribution in [0.1, 0.15) is 12.8 Å². The number of piperidine rings is 2. The normalized spacial score (nSPS) is 24.1. The lowest BCUT2D eigenvalue weighted by atomic mass is 9.68. The van der Waals surface area contributed by atoms with E-state index in [-0.39, 0.29) is 52.6 Å². The quantitative estimate of drug-likeness (QED) is 0.284. The van der Waals surface area contributed by atoms with E-state index >= 15 is 0 Å². The average molecular weight is 601 g/mol. The molecule has 1 unspecified atom stereocenters. The highest BCUT2D eigenvalue weighted by atomic mass is 35.5. The summed E-state index contributed by atoms with van der Waals surface area (Å²) >= 11 is 11.9. The lowest BCUT2D eigenvalue weighted by Crippen LogP contribution is -2.63. The number of hydrogen-bond donors (Lipinski definition) is 1. The number of nitrogens with zero attached hydrogens (tertiary/aromatic N) is 3. The first-order valence-electron chi connectivity index (χ1n) is 12.5. The molecule has 7 rings (SSSR count). The number of ether oxygens (including phenoxy) is 3. The second-order valence-corrected chi connectivity index (χ2v) is 10.8. The van der Waals surface area contributed by atoms with Crippen LogP contribution in [0.2, 0.25) is 10.0 Å². The third kappa shape index (κ3) is 5.08. The van der Waals surface area contributed by atoms with Gasteiger partial charge in [0.15, 0.2) is 17.3 Å². The molecule has 4 atom stereocenters. The standard InChI is InChI=1S/C26H22Cl2F4N4O4/c27-16-1-2-17(22(29)21(16)28)35-24-15-6-19(20(7-18(15)33-11-34-24)39-14-3-4-38-10-14)40-23-12-5-13(23)9-36(8-12)25(37)26(30,31)32/h1-2,6-7,11-14,23H,3-5,8-10H2,(H,33,34,35)/t12-,13+,14-,23?/m1/s1. The monoisotopic (exact) mass is 600 g/mol. The molecule has 2 bridgehead atoms. The number of anilines is 2. The summed E-state index contributed by atoms with van der Waals surface area (Å²) in [6.07, 6.45) is -2.91. The Bertz CT molecular complexity index is 1460. The van der Waals surface area contributed by atoms with Crippen molar-refractivity contribution in [2.75, 3.05) is 31.6 Å². The fourth-order valence-electron chi connectivity index (χ4n) is 5.41. The minimum Gasteiger partial charge on any atom is -0.486 e. The molecule has 3 aliphatic heterocycles. The van der Waals surface area contributed by atoms with Crippen LogP contribution in [0.15, 0.2) is 30.6 Å². The summed E-state index contributed by atoms with van der Waals surface area (Å²) in [5.41, 5.74) is 0.526. The summed E-state index contributed by atoms with van der Waals surface area (Å²) in [5, 5.41) is 3.23. The van der Waals surface area contributed by atoms with Crippen molar-refractivity contribution in [3.63, 3.8) is 0 Å². The fourth-order valence-corrected chi connectivity index (χ4v) is 5.72. The van der Waals surface area contributed by atoms with Crippen molar-refractivity contribution in [1.29, 1.82) is 0 Å². The molecule has 3 saturated heterocycles. The maximum atomic E-state index is 14.8. The van der Waals surface area contributed by atoms with Gasteiger partial charge in [-0.2, -0.15) is 13.2 Å². The Hall–Kier alpha value is -3.09. The number of fused-ring (bicyclic) bond motifs is 3. The fraction of sp³-hybridized carbons (Fsp3) is 0.423. The summed E-state index contributed by atoms with van der Waals surface area (Å²) in [7, 11) is 0. The Balaban J connectivity index is 1.31. The Morgan fingerprint density at radius 3 is 2.55 bits per heavy atom. The van der Waals surface area contributed by atoms with Crippen LogP contribution in [0.3, 0.4) is 0 Å². The highest BCUT2D eigenvalue weighted by Gasteiger charge is 2.53. The first kappa shape index (κ1) is 27.1. The highest BCUT2D eigenvalue weighted by molar-refractivity contribution is 6.42. The second-order valence-electron chi connectivity index (χ2n) is 10.0. The molecule has 4 aliphatic rings. The van der Waals surface area contributed by atoms with E-state index in [9.17, 15) is 22.4 Å². The maximum Gasteiger partial charge on any atom is 0.471 e. The Morgan fingerprint density at radius 2 is 1.85 bits per heavy atom. The molecule has 14 heteroatoms. The predicted molar refractivity (Wildman–Crippen MR) is 138 cm³/mol. The molecule has 1 saturated carbocycles. The van der Waals surface area contributed by atoms with E-state index in [4.69, 9.17) is 37.4 Å². The molecule has 212 valence electrons. The van der Waals surface area contributed by atoms with Crippen molar-refractivity contribution in [2.45, 2.75) is 31.2 Å².